The molecule has 0 spiro atoms. The molecular formula is C6H13NS. The predicted octanol–water partition coefficient (Wildman–Crippen LogP) is 1.06. The number of hydrogen-bond acceptors (Lipinski definition) is 2. The van der Waals surface area contributed by atoms with Crippen LogP contribution in [0.15, 0.2) is 0 Å². The van der Waals surface area contributed by atoms with Crippen molar-refractivity contribution in [1.29, 1.82) is 0 Å². The van der Waals surface area contributed by atoms with Gasteiger partial charge in [-0.1, -0.05) is 0 Å². The molecule has 1 rings (SSSR count). The van der Waals surface area contributed by atoms with E-state index < -0.39 is 0 Å². The normalized spacial score (nSPS) is 39.8. The molecule has 0 amide bonds. The molecule has 0 aromatic rings. The summed E-state index contributed by atoms with van der Waals surface area (Å²) in [5.41, 5.74) is 0. The molecule has 1 saturated heterocycles. The number of rotatable bonds is 0. The van der Waals surface area contributed by atoms with Crippen LogP contribution in [-0.2, 0) is 0 Å². The van der Waals surface area contributed by atoms with Gasteiger partial charge >= 0.3 is 0 Å². The highest BCUT2D eigenvalue weighted by molar-refractivity contribution is 7.81. The molecule has 1 nitrogen and oxygen atoms in total. The summed E-state index contributed by atoms with van der Waals surface area (Å²) in [7, 11) is 0. The Hall–Kier alpha value is 0.310. The van der Waals surface area contributed by atoms with E-state index >= 15 is 0 Å². The van der Waals surface area contributed by atoms with E-state index in [-0.39, 0.29) is 0 Å². The highest BCUT2D eigenvalue weighted by atomic mass is 32.1. The van der Waals surface area contributed by atoms with Crippen LogP contribution in [0, 0.1) is 0 Å². The Morgan fingerprint density at radius 1 is 1.50 bits per heavy atom. The van der Waals surface area contributed by atoms with Crippen molar-refractivity contribution < 1.29 is 0 Å². The minimum Gasteiger partial charge on any atom is -0.313 e. The molecule has 8 heavy (non-hydrogen) atoms. The lowest BCUT2D eigenvalue weighted by Gasteiger charge is -2.23. The summed E-state index contributed by atoms with van der Waals surface area (Å²) in [4.78, 5) is 0. The first-order valence-corrected chi connectivity index (χ1v) is 3.72. The zero-order chi connectivity index (χ0) is 5.98. The van der Waals surface area contributed by atoms with E-state index in [0.717, 1.165) is 12.6 Å². The van der Waals surface area contributed by atoms with Crippen LogP contribution in [0.5, 0.6) is 0 Å². The van der Waals surface area contributed by atoms with Crippen molar-refractivity contribution in [2.24, 2.45) is 0 Å². The van der Waals surface area contributed by atoms with E-state index in [0.29, 0.717) is 5.25 Å². The smallest absolute Gasteiger partial charge is 0.0142 e. The summed E-state index contributed by atoms with van der Waals surface area (Å²) < 4.78 is 0. The number of hydrogen-bond donors (Lipinski definition) is 2. The highest BCUT2D eigenvalue weighted by Crippen LogP contribution is 2.11. The van der Waals surface area contributed by atoms with E-state index in [1.54, 1.807) is 0 Å². The lowest BCUT2D eigenvalue weighted by Crippen LogP contribution is -2.37. The van der Waals surface area contributed by atoms with Gasteiger partial charge in [-0.15, -0.1) is 0 Å². The molecule has 0 radical (unpaired) electrons. The van der Waals surface area contributed by atoms with Crippen molar-refractivity contribution in [1.82, 2.24) is 5.32 Å². The van der Waals surface area contributed by atoms with Gasteiger partial charge in [0.1, 0.15) is 0 Å². The van der Waals surface area contributed by atoms with Crippen molar-refractivity contribution >= 4 is 12.6 Å². The third-order valence-corrected chi connectivity index (χ3v) is 2.08. The van der Waals surface area contributed by atoms with E-state index in [2.05, 4.69) is 24.9 Å². The zero-order valence-electron chi connectivity index (χ0n) is 5.22. The molecule has 1 N–H and O–H groups in total. The van der Waals surface area contributed by atoms with Gasteiger partial charge in [0.25, 0.3) is 0 Å². The minimum absolute atomic E-state index is 0.603. The first-order chi connectivity index (χ1) is 3.79. The predicted molar refractivity (Wildman–Crippen MR) is 39.5 cm³/mol. The van der Waals surface area contributed by atoms with Gasteiger partial charge in [-0.25, -0.2) is 0 Å². The van der Waals surface area contributed by atoms with Crippen LogP contribution in [0.2, 0.25) is 0 Å². The maximum atomic E-state index is 4.34. The monoisotopic (exact) mass is 131 g/mol. The van der Waals surface area contributed by atoms with E-state index in [4.69, 9.17) is 0 Å². The molecule has 0 saturated carbocycles. The fourth-order valence-electron chi connectivity index (χ4n) is 0.984. The number of nitrogens with one attached hydrogen (secondary N) is 1. The molecule has 0 bridgehead atoms. The standard InChI is InChI=1S/C6H13NS/c1-5-2-3-6(8)4-7-5/h5-8H,2-4H2,1H3/t5-,6+/m0/s1. The molecule has 1 aliphatic rings. The van der Waals surface area contributed by atoms with Crippen LogP contribution >= 0.6 is 12.6 Å². The summed E-state index contributed by atoms with van der Waals surface area (Å²) in [6.45, 7) is 3.31. The maximum absolute atomic E-state index is 4.34. The number of thiol groups is 1. The zero-order valence-corrected chi connectivity index (χ0v) is 6.12. The van der Waals surface area contributed by atoms with E-state index in [1.165, 1.54) is 12.8 Å². The minimum atomic E-state index is 0.603. The van der Waals surface area contributed by atoms with Gasteiger partial charge < -0.3 is 5.32 Å². The quantitative estimate of drug-likeness (QED) is 0.468. The SMILES string of the molecule is C[C@H]1CC[C@@H](S)CN1. The Morgan fingerprint density at radius 3 is 2.62 bits per heavy atom. The Labute approximate surface area is 56.3 Å². The Bertz CT molecular complexity index is 56.9. The van der Waals surface area contributed by atoms with Crippen molar-refractivity contribution in [2.75, 3.05) is 6.54 Å². The Kier molecular flexibility index (Phi) is 2.20. The first-order valence-electron chi connectivity index (χ1n) is 3.20. The Morgan fingerprint density at radius 2 is 2.25 bits per heavy atom. The molecule has 0 aliphatic carbocycles. The van der Waals surface area contributed by atoms with Crippen LogP contribution in [0.4, 0.5) is 0 Å². The van der Waals surface area contributed by atoms with Gasteiger partial charge in [-0.2, -0.15) is 12.6 Å². The van der Waals surface area contributed by atoms with Crippen LogP contribution in [0.3, 0.4) is 0 Å². The molecule has 1 heterocycles. The lowest BCUT2D eigenvalue weighted by atomic mass is 10.1. The third kappa shape index (κ3) is 1.67. The summed E-state index contributed by atoms with van der Waals surface area (Å²) in [5, 5.41) is 3.96. The molecule has 1 aliphatic heterocycles. The first kappa shape index (κ1) is 6.43. The van der Waals surface area contributed by atoms with Gasteiger partial charge in [0.05, 0.1) is 0 Å². The Balaban J connectivity index is 2.19. The molecular weight excluding hydrogens is 118 g/mol. The molecule has 0 aromatic heterocycles. The summed E-state index contributed by atoms with van der Waals surface area (Å²) in [6, 6.07) is 0.721. The largest absolute Gasteiger partial charge is 0.313 e. The molecule has 48 valence electrons. The third-order valence-electron chi connectivity index (χ3n) is 1.63. The van der Waals surface area contributed by atoms with Crippen molar-refractivity contribution in [3.63, 3.8) is 0 Å². The van der Waals surface area contributed by atoms with Crippen molar-refractivity contribution in [2.45, 2.75) is 31.1 Å². The lowest BCUT2D eigenvalue weighted by molar-refractivity contribution is 0.434. The molecule has 2 atom stereocenters. The second-order valence-electron chi connectivity index (χ2n) is 2.54. The second-order valence-corrected chi connectivity index (χ2v) is 3.27. The topological polar surface area (TPSA) is 12.0 Å². The summed E-state index contributed by atoms with van der Waals surface area (Å²) >= 11 is 4.34. The van der Waals surface area contributed by atoms with Gasteiger partial charge in [-0.05, 0) is 19.8 Å². The highest BCUT2D eigenvalue weighted by Gasteiger charge is 2.12. The number of piperidine rings is 1. The van der Waals surface area contributed by atoms with Gasteiger partial charge in [0.15, 0.2) is 0 Å². The fraction of sp³-hybridized carbons (Fsp3) is 1.00. The van der Waals surface area contributed by atoms with Crippen LogP contribution < -0.4 is 5.32 Å². The summed E-state index contributed by atoms with van der Waals surface area (Å²) in [5.74, 6) is 0. The van der Waals surface area contributed by atoms with Crippen LogP contribution in [-0.4, -0.2) is 17.8 Å². The van der Waals surface area contributed by atoms with Gasteiger partial charge in [-0.3, -0.25) is 0 Å². The summed E-state index contributed by atoms with van der Waals surface area (Å²) in [6.07, 6.45) is 2.56. The van der Waals surface area contributed by atoms with Gasteiger partial charge in [0, 0.05) is 17.8 Å². The van der Waals surface area contributed by atoms with Crippen molar-refractivity contribution in [3.05, 3.63) is 0 Å². The van der Waals surface area contributed by atoms with Crippen LogP contribution in [0.1, 0.15) is 19.8 Å². The molecule has 2 heteroatoms. The fourth-order valence-corrected chi connectivity index (χ4v) is 1.24. The molecule has 0 aromatic carbocycles. The van der Waals surface area contributed by atoms with Gasteiger partial charge in [0.2, 0.25) is 0 Å². The van der Waals surface area contributed by atoms with E-state index in [1.807, 2.05) is 0 Å². The second kappa shape index (κ2) is 2.74. The average Bonchev–Trinajstić information content (AvgIpc) is 1.77. The molecule has 1 fully saturated rings. The van der Waals surface area contributed by atoms with Crippen molar-refractivity contribution in [3.8, 4) is 0 Å². The van der Waals surface area contributed by atoms with Crippen LogP contribution in [0.25, 0.3) is 0 Å². The van der Waals surface area contributed by atoms with E-state index in [9.17, 15) is 0 Å². The maximum Gasteiger partial charge on any atom is 0.0142 e. The molecule has 0 unspecified atom stereocenters. The average molecular weight is 131 g/mol.